The number of methoxy groups -OCH3 is 1. The van der Waals surface area contributed by atoms with Crippen LogP contribution in [0.3, 0.4) is 0 Å². The quantitative estimate of drug-likeness (QED) is 0.836. The van der Waals surface area contributed by atoms with Gasteiger partial charge in [0.05, 0.1) is 7.11 Å². The molecule has 0 aliphatic rings. The minimum Gasteiger partial charge on any atom is -0.507 e. The third-order valence-corrected chi connectivity index (χ3v) is 4.11. The SMILES string of the molecule is CCC(c1ccc(O)c(OC)c1)c1cccc(C(C)C)c1O. The van der Waals surface area contributed by atoms with E-state index in [1.54, 1.807) is 6.07 Å². The van der Waals surface area contributed by atoms with E-state index in [4.69, 9.17) is 4.74 Å². The second kappa shape index (κ2) is 6.73. The molecule has 0 fully saturated rings. The Hall–Kier alpha value is -2.16. The van der Waals surface area contributed by atoms with Crippen molar-refractivity contribution in [3.63, 3.8) is 0 Å². The zero-order valence-electron chi connectivity index (χ0n) is 13.6. The molecule has 22 heavy (non-hydrogen) atoms. The van der Waals surface area contributed by atoms with E-state index in [0.29, 0.717) is 11.5 Å². The van der Waals surface area contributed by atoms with Crippen molar-refractivity contribution in [2.24, 2.45) is 0 Å². The second-order valence-corrected chi connectivity index (χ2v) is 5.83. The lowest BCUT2D eigenvalue weighted by Crippen LogP contribution is -2.03. The zero-order valence-corrected chi connectivity index (χ0v) is 13.6. The first-order chi connectivity index (χ1) is 10.5. The van der Waals surface area contributed by atoms with Crippen LogP contribution in [0, 0.1) is 0 Å². The summed E-state index contributed by atoms with van der Waals surface area (Å²) in [4.78, 5) is 0. The molecule has 0 spiro atoms. The molecule has 0 aliphatic heterocycles. The zero-order chi connectivity index (χ0) is 16.3. The molecule has 2 rings (SSSR count). The van der Waals surface area contributed by atoms with Crippen molar-refractivity contribution in [2.45, 2.75) is 39.0 Å². The predicted molar refractivity (Wildman–Crippen MR) is 89.0 cm³/mol. The molecule has 0 saturated carbocycles. The van der Waals surface area contributed by atoms with Gasteiger partial charge in [-0.2, -0.15) is 0 Å². The fourth-order valence-electron chi connectivity index (χ4n) is 2.87. The summed E-state index contributed by atoms with van der Waals surface area (Å²) in [6.07, 6.45) is 0.850. The van der Waals surface area contributed by atoms with E-state index in [1.165, 1.54) is 7.11 Å². The first-order valence-corrected chi connectivity index (χ1v) is 7.68. The normalized spacial score (nSPS) is 12.4. The van der Waals surface area contributed by atoms with Crippen molar-refractivity contribution in [1.29, 1.82) is 0 Å². The van der Waals surface area contributed by atoms with Gasteiger partial charge in [-0.05, 0) is 35.6 Å². The van der Waals surface area contributed by atoms with E-state index in [-0.39, 0.29) is 17.6 Å². The van der Waals surface area contributed by atoms with Gasteiger partial charge >= 0.3 is 0 Å². The van der Waals surface area contributed by atoms with Gasteiger partial charge in [-0.25, -0.2) is 0 Å². The fourth-order valence-corrected chi connectivity index (χ4v) is 2.87. The highest BCUT2D eigenvalue weighted by molar-refractivity contribution is 5.50. The monoisotopic (exact) mass is 300 g/mol. The van der Waals surface area contributed by atoms with Crippen LogP contribution in [0.2, 0.25) is 0 Å². The average Bonchev–Trinajstić information content (AvgIpc) is 2.50. The Morgan fingerprint density at radius 2 is 1.73 bits per heavy atom. The van der Waals surface area contributed by atoms with Gasteiger partial charge in [0.15, 0.2) is 11.5 Å². The van der Waals surface area contributed by atoms with E-state index in [1.807, 2.05) is 30.3 Å². The Balaban J connectivity index is 2.51. The summed E-state index contributed by atoms with van der Waals surface area (Å²) in [5, 5.41) is 20.4. The molecule has 3 heteroatoms. The Labute approximate surface area is 132 Å². The standard InChI is InChI=1S/C19H24O3/c1-5-14(13-9-10-17(20)18(11-13)22-4)16-8-6-7-15(12(2)3)19(16)21/h6-12,14,20-21H,5H2,1-4H3. The highest BCUT2D eigenvalue weighted by atomic mass is 16.5. The summed E-state index contributed by atoms with van der Waals surface area (Å²) in [5.41, 5.74) is 2.90. The van der Waals surface area contributed by atoms with Crippen LogP contribution in [0.15, 0.2) is 36.4 Å². The maximum atomic E-state index is 10.6. The first kappa shape index (κ1) is 16.2. The first-order valence-electron chi connectivity index (χ1n) is 7.68. The fraction of sp³-hybridized carbons (Fsp3) is 0.368. The van der Waals surface area contributed by atoms with E-state index < -0.39 is 0 Å². The van der Waals surface area contributed by atoms with Crippen molar-refractivity contribution in [2.75, 3.05) is 7.11 Å². The van der Waals surface area contributed by atoms with E-state index in [9.17, 15) is 10.2 Å². The molecular weight excluding hydrogens is 276 g/mol. The topological polar surface area (TPSA) is 49.7 Å². The number of benzene rings is 2. The lowest BCUT2D eigenvalue weighted by atomic mass is 9.86. The summed E-state index contributed by atoms with van der Waals surface area (Å²) in [6.45, 7) is 6.23. The van der Waals surface area contributed by atoms with Gasteiger partial charge in [-0.3, -0.25) is 0 Å². The molecule has 0 radical (unpaired) electrons. The number of ether oxygens (including phenoxy) is 1. The van der Waals surface area contributed by atoms with Crippen LogP contribution < -0.4 is 4.74 Å². The molecular formula is C19H24O3. The largest absolute Gasteiger partial charge is 0.507 e. The van der Waals surface area contributed by atoms with Crippen LogP contribution in [0.1, 0.15) is 55.7 Å². The van der Waals surface area contributed by atoms with Gasteiger partial charge in [0.2, 0.25) is 0 Å². The van der Waals surface area contributed by atoms with Crippen molar-refractivity contribution in [3.8, 4) is 17.2 Å². The minimum absolute atomic E-state index is 0.0631. The van der Waals surface area contributed by atoms with Crippen molar-refractivity contribution in [1.82, 2.24) is 0 Å². The van der Waals surface area contributed by atoms with Gasteiger partial charge in [0.1, 0.15) is 5.75 Å². The summed E-state index contributed by atoms with van der Waals surface area (Å²) >= 11 is 0. The van der Waals surface area contributed by atoms with Crippen molar-refractivity contribution >= 4 is 0 Å². The van der Waals surface area contributed by atoms with Gasteiger partial charge in [-0.15, -0.1) is 0 Å². The highest BCUT2D eigenvalue weighted by Gasteiger charge is 2.20. The molecule has 2 aromatic rings. The molecule has 2 N–H and O–H groups in total. The van der Waals surface area contributed by atoms with Gasteiger partial charge in [0.25, 0.3) is 0 Å². The molecule has 1 unspecified atom stereocenters. The Morgan fingerprint density at radius 1 is 1.05 bits per heavy atom. The number of para-hydroxylation sites is 1. The molecule has 118 valence electrons. The van der Waals surface area contributed by atoms with E-state index in [2.05, 4.69) is 20.8 Å². The molecule has 2 aromatic carbocycles. The molecule has 0 saturated heterocycles. The summed E-state index contributed by atoms with van der Waals surface area (Å²) in [5.74, 6) is 1.29. The van der Waals surface area contributed by atoms with Crippen LogP contribution in [0.4, 0.5) is 0 Å². The number of phenolic OH excluding ortho intramolecular Hbond substituents is 2. The molecule has 1 atom stereocenters. The Kier molecular flexibility index (Phi) is 4.96. The average molecular weight is 300 g/mol. The number of phenols is 2. The van der Waals surface area contributed by atoms with Crippen molar-refractivity contribution in [3.05, 3.63) is 53.1 Å². The van der Waals surface area contributed by atoms with Crippen LogP contribution in [0.5, 0.6) is 17.2 Å². The third-order valence-electron chi connectivity index (χ3n) is 4.11. The van der Waals surface area contributed by atoms with Crippen molar-refractivity contribution < 1.29 is 14.9 Å². The van der Waals surface area contributed by atoms with Crippen LogP contribution >= 0.6 is 0 Å². The van der Waals surface area contributed by atoms with Gasteiger partial charge < -0.3 is 14.9 Å². The number of rotatable bonds is 5. The minimum atomic E-state index is 0.0631. The molecule has 0 heterocycles. The molecule has 0 bridgehead atoms. The lowest BCUT2D eigenvalue weighted by molar-refractivity contribution is 0.372. The van der Waals surface area contributed by atoms with E-state index >= 15 is 0 Å². The lowest BCUT2D eigenvalue weighted by Gasteiger charge is -2.21. The van der Waals surface area contributed by atoms with Gasteiger partial charge in [0, 0.05) is 11.5 Å². The van der Waals surface area contributed by atoms with Crippen LogP contribution in [-0.2, 0) is 0 Å². The predicted octanol–water partition coefficient (Wildman–Crippen LogP) is 4.77. The third kappa shape index (κ3) is 3.03. The Bertz CT molecular complexity index is 647. The summed E-state index contributed by atoms with van der Waals surface area (Å²) in [6, 6.07) is 11.3. The smallest absolute Gasteiger partial charge is 0.160 e. The number of aromatic hydroxyl groups is 2. The maximum absolute atomic E-state index is 10.6. The molecule has 0 aromatic heterocycles. The van der Waals surface area contributed by atoms with Crippen LogP contribution in [-0.4, -0.2) is 17.3 Å². The second-order valence-electron chi connectivity index (χ2n) is 5.83. The number of hydrogen-bond acceptors (Lipinski definition) is 3. The maximum Gasteiger partial charge on any atom is 0.160 e. The van der Waals surface area contributed by atoms with Crippen LogP contribution in [0.25, 0.3) is 0 Å². The number of hydrogen-bond donors (Lipinski definition) is 2. The van der Waals surface area contributed by atoms with E-state index in [0.717, 1.165) is 23.1 Å². The highest BCUT2D eigenvalue weighted by Crippen LogP contribution is 2.40. The molecule has 0 amide bonds. The Morgan fingerprint density at radius 3 is 2.32 bits per heavy atom. The summed E-state index contributed by atoms with van der Waals surface area (Å²) < 4.78 is 5.20. The molecule has 3 nitrogen and oxygen atoms in total. The summed E-state index contributed by atoms with van der Waals surface area (Å²) in [7, 11) is 1.54. The molecule has 0 aliphatic carbocycles. The van der Waals surface area contributed by atoms with Gasteiger partial charge in [-0.1, -0.05) is 45.0 Å².